The van der Waals surface area contributed by atoms with Gasteiger partial charge in [0.15, 0.2) is 0 Å². The lowest BCUT2D eigenvalue weighted by Crippen LogP contribution is -2.07. The zero-order valence-electron chi connectivity index (χ0n) is 23.9. The minimum absolute atomic E-state index is 0.0298. The molecule has 0 aliphatic carbocycles. The lowest BCUT2D eigenvalue weighted by Gasteiger charge is -2.11. The van der Waals surface area contributed by atoms with Gasteiger partial charge in [0, 0.05) is 23.7 Å². The number of nitrogens with zero attached hydrogens (tertiary/aromatic N) is 1. The molecule has 1 heterocycles. The average molecular weight is 518 g/mol. The number of carbonyl (C=O) groups is 1. The lowest BCUT2D eigenvalue weighted by molar-refractivity contribution is -0.145. The Morgan fingerprint density at radius 3 is 1.81 bits per heavy atom. The Hall–Kier alpha value is -1.88. The van der Waals surface area contributed by atoms with E-state index in [1.807, 2.05) is 0 Å². The van der Waals surface area contributed by atoms with Crippen molar-refractivity contribution in [2.45, 2.75) is 155 Å². The van der Waals surface area contributed by atoms with Crippen molar-refractivity contribution in [1.29, 1.82) is 0 Å². The number of hydrogen-bond donors (Lipinski definition) is 2. The fraction of sp³-hybridized carbons (Fsp3) is 0.750. The zero-order valence-corrected chi connectivity index (χ0v) is 23.9. The van der Waals surface area contributed by atoms with Gasteiger partial charge in [0.2, 0.25) is 0 Å². The number of carbonyl (C=O) groups excluding carboxylic acids is 1. The van der Waals surface area contributed by atoms with E-state index in [1.165, 1.54) is 109 Å². The van der Waals surface area contributed by atoms with Crippen LogP contribution < -0.4 is 0 Å². The molecule has 0 aliphatic rings. The van der Waals surface area contributed by atoms with Crippen LogP contribution in [0.3, 0.4) is 0 Å². The first-order chi connectivity index (χ1) is 18.1. The van der Waals surface area contributed by atoms with E-state index in [0.29, 0.717) is 23.2 Å². The van der Waals surface area contributed by atoms with Crippen molar-refractivity contribution in [3.05, 3.63) is 35.2 Å². The van der Waals surface area contributed by atoms with Crippen molar-refractivity contribution in [2.75, 3.05) is 0 Å². The van der Waals surface area contributed by atoms with Crippen molar-refractivity contribution in [2.24, 2.45) is 0 Å². The van der Waals surface area contributed by atoms with Gasteiger partial charge in [-0.1, -0.05) is 109 Å². The lowest BCUT2D eigenvalue weighted by atomic mass is 10.0. The van der Waals surface area contributed by atoms with Gasteiger partial charge in [0.1, 0.15) is 12.4 Å². The Kier molecular flexibility index (Phi) is 20.8. The van der Waals surface area contributed by atoms with Crippen molar-refractivity contribution in [3.8, 4) is 5.75 Å². The third-order valence-electron chi connectivity index (χ3n) is 7.12. The van der Waals surface area contributed by atoms with E-state index < -0.39 is 0 Å². The molecule has 0 amide bonds. The summed E-state index contributed by atoms with van der Waals surface area (Å²) in [6.45, 7) is 3.67. The molecule has 2 N–H and O–H groups in total. The minimum Gasteiger partial charge on any atom is -0.506 e. The molecule has 5 heteroatoms. The molecular weight excluding hydrogens is 462 g/mol. The van der Waals surface area contributed by atoms with Crippen LogP contribution in [0.25, 0.3) is 0 Å². The Morgan fingerprint density at radius 2 is 1.30 bits per heavy atom. The molecule has 0 aliphatic heterocycles. The van der Waals surface area contributed by atoms with Gasteiger partial charge in [-0.05, 0) is 39.0 Å². The first-order valence-electron chi connectivity index (χ1n) is 15.2. The fourth-order valence-electron chi connectivity index (χ4n) is 4.62. The number of aromatic nitrogens is 1. The van der Waals surface area contributed by atoms with Crippen LogP contribution in [0.1, 0.15) is 152 Å². The summed E-state index contributed by atoms with van der Waals surface area (Å²) in [5, 5.41) is 19.4. The largest absolute Gasteiger partial charge is 0.506 e. The van der Waals surface area contributed by atoms with E-state index in [4.69, 9.17) is 4.74 Å². The molecule has 212 valence electrons. The number of aliphatic hydroxyl groups is 1. The highest BCUT2D eigenvalue weighted by molar-refractivity contribution is 5.69. The van der Waals surface area contributed by atoms with Gasteiger partial charge in [-0.25, -0.2) is 0 Å². The van der Waals surface area contributed by atoms with Gasteiger partial charge in [-0.2, -0.15) is 0 Å². The summed E-state index contributed by atoms with van der Waals surface area (Å²) in [6.07, 6.45) is 31.3. The van der Waals surface area contributed by atoms with Gasteiger partial charge in [0.05, 0.1) is 12.3 Å². The predicted molar refractivity (Wildman–Crippen MR) is 154 cm³/mol. The minimum atomic E-state index is -0.306. The summed E-state index contributed by atoms with van der Waals surface area (Å²) < 4.78 is 5.30. The Bertz CT molecular complexity index is 732. The molecule has 0 bridgehead atoms. The Balaban J connectivity index is 1.86. The number of ether oxygens (including phenoxy) is 1. The second-order valence-corrected chi connectivity index (χ2v) is 10.5. The third kappa shape index (κ3) is 17.3. The highest BCUT2D eigenvalue weighted by Gasteiger charge is 2.12. The molecule has 1 aromatic heterocycles. The van der Waals surface area contributed by atoms with E-state index in [9.17, 15) is 15.0 Å². The van der Waals surface area contributed by atoms with Crippen molar-refractivity contribution in [3.63, 3.8) is 0 Å². The molecular formula is C32H55NO4. The van der Waals surface area contributed by atoms with Gasteiger partial charge in [-0.15, -0.1) is 0 Å². The summed E-state index contributed by atoms with van der Waals surface area (Å²) in [6, 6.07) is 0. The van der Waals surface area contributed by atoms with E-state index in [-0.39, 0.29) is 24.9 Å². The third-order valence-corrected chi connectivity index (χ3v) is 7.12. The number of esters is 1. The van der Waals surface area contributed by atoms with E-state index in [1.54, 1.807) is 13.1 Å². The summed E-state index contributed by atoms with van der Waals surface area (Å²) >= 11 is 0. The average Bonchev–Trinajstić information content (AvgIpc) is 2.90. The Labute approximate surface area is 227 Å². The molecule has 0 fully saturated rings. The Morgan fingerprint density at radius 1 is 0.811 bits per heavy atom. The van der Waals surface area contributed by atoms with Gasteiger partial charge < -0.3 is 14.9 Å². The van der Waals surface area contributed by atoms with Crippen LogP contribution in [0.2, 0.25) is 0 Å². The monoisotopic (exact) mass is 517 g/mol. The van der Waals surface area contributed by atoms with E-state index in [0.717, 1.165) is 12.8 Å². The number of unbranched alkanes of at least 4 members (excludes halogenated alkanes) is 17. The SMILES string of the molecule is CCCCCCCC/C=C\CCCCCCCCCCCCCC(=O)OCc1cnc(C)c(O)c1CO. The summed E-state index contributed by atoms with van der Waals surface area (Å²) in [4.78, 5) is 16.1. The number of pyridine rings is 1. The highest BCUT2D eigenvalue weighted by atomic mass is 16.5. The van der Waals surface area contributed by atoms with Crippen LogP contribution >= 0.6 is 0 Å². The van der Waals surface area contributed by atoms with Crippen molar-refractivity contribution < 1.29 is 19.7 Å². The van der Waals surface area contributed by atoms with Crippen molar-refractivity contribution >= 4 is 5.97 Å². The zero-order chi connectivity index (χ0) is 27.0. The first-order valence-corrected chi connectivity index (χ1v) is 15.2. The summed E-state index contributed by atoms with van der Waals surface area (Å²) in [5.41, 5.74) is 1.39. The molecule has 0 radical (unpaired) electrons. The summed E-state index contributed by atoms with van der Waals surface area (Å²) in [5.74, 6) is -0.268. The molecule has 1 aromatic rings. The summed E-state index contributed by atoms with van der Waals surface area (Å²) in [7, 11) is 0. The van der Waals surface area contributed by atoms with Crippen LogP contribution in [-0.4, -0.2) is 21.2 Å². The normalized spacial score (nSPS) is 11.4. The number of aliphatic hydroxyl groups excluding tert-OH is 1. The van der Waals surface area contributed by atoms with Crippen LogP contribution in [-0.2, 0) is 22.7 Å². The molecule has 0 saturated carbocycles. The topological polar surface area (TPSA) is 79.7 Å². The maximum Gasteiger partial charge on any atom is 0.306 e. The van der Waals surface area contributed by atoms with Gasteiger partial charge >= 0.3 is 5.97 Å². The second-order valence-electron chi connectivity index (χ2n) is 10.5. The highest BCUT2D eigenvalue weighted by Crippen LogP contribution is 2.24. The molecule has 37 heavy (non-hydrogen) atoms. The molecule has 5 nitrogen and oxygen atoms in total. The van der Waals surface area contributed by atoms with Gasteiger partial charge in [-0.3, -0.25) is 9.78 Å². The molecule has 0 saturated heterocycles. The van der Waals surface area contributed by atoms with E-state index >= 15 is 0 Å². The number of allylic oxidation sites excluding steroid dienone is 2. The standard InChI is InChI=1S/C32H55NO4/c1-3-4-5-6-7-8-9-10-11-12-13-14-15-16-17-18-19-20-21-22-23-24-31(35)37-27-29-25-33-28(2)32(36)30(29)26-34/h10-11,25,34,36H,3-9,12-24,26-27H2,1-2H3/b11-10-. The molecule has 1 rings (SSSR count). The first kappa shape index (κ1) is 33.1. The smallest absolute Gasteiger partial charge is 0.306 e. The van der Waals surface area contributed by atoms with Crippen LogP contribution in [0.5, 0.6) is 5.75 Å². The van der Waals surface area contributed by atoms with Crippen LogP contribution in [0.4, 0.5) is 0 Å². The number of hydrogen-bond acceptors (Lipinski definition) is 5. The van der Waals surface area contributed by atoms with Crippen molar-refractivity contribution in [1.82, 2.24) is 4.98 Å². The number of aryl methyl sites for hydroxylation is 1. The maximum atomic E-state index is 12.0. The van der Waals surface area contributed by atoms with Crippen LogP contribution in [0, 0.1) is 6.92 Å². The fourth-order valence-corrected chi connectivity index (χ4v) is 4.62. The molecule has 0 spiro atoms. The number of rotatable bonds is 24. The predicted octanol–water partition coefficient (Wildman–Crippen LogP) is 9.01. The van der Waals surface area contributed by atoms with Gasteiger partial charge in [0.25, 0.3) is 0 Å². The maximum absolute atomic E-state index is 12.0. The second kappa shape index (κ2) is 23.3. The molecule has 0 atom stereocenters. The molecule has 0 aromatic carbocycles. The number of aromatic hydroxyl groups is 1. The van der Waals surface area contributed by atoms with Crippen LogP contribution in [0.15, 0.2) is 18.3 Å². The van der Waals surface area contributed by atoms with E-state index in [2.05, 4.69) is 24.1 Å². The molecule has 0 unspecified atom stereocenters. The quantitative estimate of drug-likeness (QED) is 0.0812.